The third-order valence-electron chi connectivity index (χ3n) is 3.66. The Labute approximate surface area is 124 Å². The molecule has 2 rings (SSSR count). The molecule has 0 saturated heterocycles. The first kappa shape index (κ1) is 15.3. The standard InChI is InChI=1S/C17H21NO3/c1-12(14-6-4-3-5-7-14)10-11-18-13(2)15-8-9-16(21-15)17(19)20/h3-9,12-13,18H,10-11H2,1-2H3,(H,19,20). The van der Waals surface area contributed by atoms with Crippen molar-refractivity contribution in [1.29, 1.82) is 0 Å². The lowest BCUT2D eigenvalue weighted by Crippen LogP contribution is -2.20. The van der Waals surface area contributed by atoms with Crippen LogP contribution in [0.15, 0.2) is 46.9 Å². The quantitative estimate of drug-likeness (QED) is 0.812. The van der Waals surface area contributed by atoms with E-state index in [1.54, 1.807) is 6.07 Å². The summed E-state index contributed by atoms with van der Waals surface area (Å²) in [5, 5.41) is 12.2. The lowest BCUT2D eigenvalue weighted by atomic mass is 9.98. The summed E-state index contributed by atoms with van der Waals surface area (Å²) in [5.74, 6) is 0.0827. The third-order valence-corrected chi connectivity index (χ3v) is 3.66. The number of aromatic carboxylic acids is 1. The summed E-state index contributed by atoms with van der Waals surface area (Å²) < 4.78 is 5.29. The van der Waals surface area contributed by atoms with Crippen LogP contribution in [-0.2, 0) is 0 Å². The van der Waals surface area contributed by atoms with Gasteiger partial charge in [-0.05, 0) is 43.5 Å². The SMILES string of the molecule is CC(CCNC(C)c1ccc(C(=O)O)o1)c1ccccc1. The maximum atomic E-state index is 10.8. The molecule has 4 nitrogen and oxygen atoms in total. The Morgan fingerprint density at radius 2 is 1.90 bits per heavy atom. The summed E-state index contributed by atoms with van der Waals surface area (Å²) >= 11 is 0. The number of furan rings is 1. The van der Waals surface area contributed by atoms with Gasteiger partial charge in [-0.1, -0.05) is 37.3 Å². The van der Waals surface area contributed by atoms with Crippen molar-refractivity contribution in [3.05, 3.63) is 59.5 Å². The van der Waals surface area contributed by atoms with Crippen LogP contribution in [0.5, 0.6) is 0 Å². The van der Waals surface area contributed by atoms with Crippen LogP contribution in [0.25, 0.3) is 0 Å². The zero-order valence-corrected chi connectivity index (χ0v) is 12.4. The number of hydrogen-bond acceptors (Lipinski definition) is 3. The fourth-order valence-corrected chi connectivity index (χ4v) is 2.27. The van der Waals surface area contributed by atoms with Gasteiger partial charge in [-0.2, -0.15) is 0 Å². The molecule has 0 aliphatic heterocycles. The second-order valence-electron chi connectivity index (χ2n) is 5.28. The molecule has 112 valence electrons. The molecular formula is C17H21NO3. The molecule has 21 heavy (non-hydrogen) atoms. The summed E-state index contributed by atoms with van der Waals surface area (Å²) in [7, 11) is 0. The van der Waals surface area contributed by atoms with Gasteiger partial charge in [-0.3, -0.25) is 0 Å². The highest BCUT2D eigenvalue weighted by molar-refractivity contribution is 5.84. The van der Waals surface area contributed by atoms with Crippen LogP contribution in [0.2, 0.25) is 0 Å². The van der Waals surface area contributed by atoms with Crippen molar-refractivity contribution in [2.45, 2.75) is 32.2 Å². The number of carboxylic acid groups (broad SMARTS) is 1. The van der Waals surface area contributed by atoms with E-state index in [4.69, 9.17) is 9.52 Å². The van der Waals surface area contributed by atoms with Crippen molar-refractivity contribution in [2.24, 2.45) is 0 Å². The Bertz CT molecular complexity index is 577. The molecule has 0 radical (unpaired) electrons. The predicted molar refractivity (Wildman–Crippen MR) is 81.6 cm³/mol. The molecule has 1 heterocycles. The first-order valence-electron chi connectivity index (χ1n) is 7.19. The summed E-state index contributed by atoms with van der Waals surface area (Å²) in [5.41, 5.74) is 1.33. The first-order valence-corrected chi connectivity index (χ1v) is 7.19. The predicted octanol–water partition coefficient (Wildman–Crippen LogP) is 3.82. The monoisotopic (exact) mass is 287 g/mol. The van der Waals surface area contributed by atoms with Crippen molar-refractivity contribution in [2.75, 3.05) is 6.54 Å². The highest BCUT2D eigenvalue weighted by atomic mass is 16.4. The van der Waals surface area contributed by atoms with Crippen LogP contribution >= 0.6 is 0 Å². The van der Waals surface area contributed by atoms with Crippen LogP contribution < -0.4 is 5.32 Å². The summed E-state index contributed by atoms with van der Waals surface area (Å²) in [6, 6.07) is 13.6. The van der Waals surface area contributed by atoms with E-state index in [9.17, 15) is 4.79 Å². The molecule has 0 fully saturated rings. The van der Waals surface area contributed by atoms with Gasteiger partial charge < -0.3 is 14.8 Å². The van der Waals surface area contributed by atoms with Crippen molar-refractivity contribution in [3.8, 4) is 0 Å². The number of hydrogen-bond donors (Lipinski definition) is 2. The van der Waals surface area contributed by atoms with Gasteiger partial charge in [0.25, 0.3) is 0 Å². The van der Waals surface area contributed by atoms with E-state index in [1.165, 1.54) is 11.6 Å². The molecule has 0 bridgehead atoms. The molecule has 0 aliphatic rings. The van der Waals surface area contributed by atoms with Crippen LogP contribution in [0, 0.1) is 0 Å². The van der Waals surface area contributed by atoms with Gasteiger partial charge in [0.15, 0.2) is 0 Å². The fourth-order valence-electron chi connectivity index (χ4n) is 2.27. The van der Waals surface area contributed by atoms with Gasteiger partial charge in [0.2, 0.25) is 5.76 Å². The minimum Gasteiger partial charge on any atom is -0.475 e. The molecule has 0 saturated carbocycles. The number of carboxylic acids is 1. The molecule has 2 aromatic rings. The van der Waals surface area contributed by atoms with Crippen molar-refractivity contribution in [1.82, 2.24) is 5.32 Å². The molecule has 2 atom stereocenters. The Hall–Kier alpha value is -2.07. The van der Waals surface area contributed by atoms with Crippen molar-refractivity contribution < 1.29 is 14.3 Å². The van der Waals surface area contributed by atoms with Crippen LogP contribution in [0.1, 0.15) is 54.1 Å². The number of carbonyl (C=O) groups is 1. The Balaban J connectivity index is 1.81. The van der Waals surface area contributed by atoms with E-state index in [0.29, 0.717) is 11.7 Å². The lowest BCUT2D eigenvalue weighted by Gasteiger charge is -2.15. The summed E-state index contributed by atoms with van der Waals surface area (Å²) in [4.78, 5) is 10.8. The Kier molecular flexibility index (Phi) is 5.17. The molecule has 4 heteroatoms. The lowest BCUT2D eigenvalue weighted by molar-refractivity contribution is 0.0659. The molecule has 2 N–H and O–H groups in total. The summed E-state index contributed by atoms with van der Waals surface area (Å²) in [6.07, 6.45) is 1.01. The van der Waals surface area contributed by atoms with Gasteiger partial charge in [0, 0.05) is 0 Å². The van der Waals surface area contributed by atoms with Gasteiger partial charge in [-0.15, -0.1) is 0 Å². The minimum atomic E-state index is -1.04. The minimum absolute atomic E-state index is 0.000994. The largest absolute Gasteiger partial charge is 0.475 e. The van der Waals surface area contributed by atoms with Gasteiger partial charge in [0.05, 0.1) is 6.04 Å². The molecule has 1 aromatic heterocycles. The van der Waals surface area contributed by atoms with Crippen molar-refractivity contribution >= 4 is 5.97 Å². The molecule has 0 spiro atoms. The number of nitrogens with one attached hydrogen (secondary N) is 1. The molecule has 2 unspecified atom stereocenters. The second-order valence-corrected chi connectivity index (χ2v) is 5.28. The first-order chi connectivity index (χ1) is 10.1. The third kappa shape index (κ3) is 4.20. The smallest absolute Gasteiger partial charge is 0.371 e. The van der Waals surface area contributed by atoms with E-state index in [0.717, 1.165) is 13.0 Å². The van der Waals surface area contributed by atoms with Crippen LogP contribution in [-0.4, -0.2) is 17.6 Å². The Morgan fingerprint density at radius 1 is 1.19 bits per heavy atom. The summed E-state index contributed by atoms with van der Waals surface area (Å²) in [6.45, 7) is 5.02. The Morgan fingerprint density at radius 3 is 2.52 bits per heavy atom. The molecule has 0 aliphatic carbocycles. The van der Waals surface area contributed by atoms with Gasteiger partial charge in [0.1, 0.15) is 5.76 Å². The van der Waals surface area contributed by atoms with E-state index in [-0.39, 0.29) is 11.8 Å². The maximum absolute atomic E-state index is 10.8. The van der Waals surface area contributed by atoms with E-state index < -0.39 is 5.97 Å². The zero-order valence-electron chi connectivity index (χ0n) is 12.4. The van der Waals surface area contributed by atoms with Crippen molar-refractivity contribution in [3.63, 3.8) is 0 Å². The van der Waals surface area contributed by atoms with E-state index in [2.05, 4.69) is 36.5 Å². The van der Waals surface area contributed by atoms with Crippen LogP contribution in [0.4, 0.5) is 0 Å². The van der Waals surface area contributed by atoms with Crippen LogP contribution in [0.3, 0.4) is 0 Å². The topological polar surface area (TPSA) is 62.5 Å². The fraction of sp³-hybridized carbons (Fsp3) is 0.353. The highest BCUT2D eigenvalue weighted by Crippen LogP contribution is 2.19. The number of rotatable bonds is 7. The van der Waals surface area contributed by atoms with Gasteiger partial charge in [-0.25, -0.2) is 4.79 Å². The zero-order chi connectivity index (χ0) is 15.2. The molecular weight excluding hydrogens is 266 g/mol. The van der Waals surface area contributed by atoms with Gasteiger partial charge >= 0.3 is 5.97 Å². The normalized spacial score (nSPS) is 13.8. The highest BCUT2D eigenvalue weighted by Gasteiger charge is 2.14. The molecule has 1 aromatic carbocycles. The van der Waals surface area contributed by atoms with E-state index in [1.807, 2.05) is 13.0 Å². The van der Waals surface area contributed by atoms with E-state index >= 15 is 0 Å². The molecule has 0 amide bonds. The average Bonchev–Trinajstić information content (AvgIpc) is 2.98. The second kappa shape index (κ2) is 7.09. The number of benzene rings is 1. The average molecular weight is 287 g/mol. The maximum Gasteiger partial charge on any atom is 0.371 e.